The van der Waals surface area contributed by atoms with Gasteiger partial charge in [0.1, 0.15) is 5.60 Å². The van der Waals surface area contributed by atoms with Crippen LogP contribution in [0.5, 0.6) is 0 Å². The van der Waals surface area contributed by atoms with Crippen LogP contribution in [0.3, 0.4) is 0 Å². The molecule has 1 rings (SSSR count). The van der Waals surface area contributed by atoms with Crippen molar-refractivity contribution in [3.05, 3.63) is 0 Å². The van der Waals surface area contributed by atoms with Crippen LogP contribution >= 0.6 is 0 Å². The zero-order valence-corrected chi connectivity index (χ0v) is 13.1. The summed E-state index contributed by atoms with van der Waals surface area (Å²) in [6.45, 7) is 7.13. The maximum absolute atomic E-state index is 12.2. The molecule has 124 valence electrons. The molecule has 0 aromatic rings. The second-order valence-electron chi connectivity index (χ2n) is 6.61. The summed E-state index contributed by atoms with van der Waals surface area (Å²) in [6.07, 6.45) is -3.02. The van der Waals surface area contributed by atoms with Crippen molar-refractivity contribution in [3.63, 3.8) is 0 Å². The number of piperidine rings is 1. The molecule has 0 bridgehead atoms. The first-order chi connectivity index (χ1) is 9.48. The monoisotopic (exact) mass is 310 g/mol. The molecule has 1 heterocycles. The summed E-state index contributed by atoms with van der Waals surface area (Å²) in [5.41, 5.74) is -0.565. The van der Waals surface area contributed by atoms with Crippen LogP contribution < -0.4 is 5.32 Å². The third kappa shape index (κ3) is 7.02. The number of alkyl halides is 3. The molecule has 0 saturated carbocycles. The van der Waals surface area contributed by atoms with E-state index in [-0.39, 0.29) is 12.0 Å². The van der Waals surface area contributed by atoms with E-state index in [2.05, 4.69) is 5.32 Å². The van der Waals surface area contributed by atoms with Crippen LogP contribution in [0.1, 0.15) is 40.5 Å². The van der Waals surface area contributed by atoms with Crippen LogP contribution in [0.2, 0.25) is 0 Å². The molecule has 2 atom stereocenters. The Hall–Kier alpha value is -0.980. The highest BCUT2D eigenvalue weighted by molar-refractivity contribution is 5.68. The number of carbonyl (C=O) groups excluding carboxylic acids is 1. The zero-order valence-electron chi connectivity index (χ0n) is 13.1. The maximum atomic E-state index is 12.2. The summed E-state index contributed by atoms with van der Waals surface area (Å²) in [6, 6.07) is -0.295. The molecule has 0 spiro atoms. The fourth-order valence-corrected chi connectivity index (χ4v) is 2.35. The number of ether oxygens (including phenoxy) is 1. The standard InChI is InChI=1S/C14H25F3N2O2/c1-10(18-9-14(15,16)17)11-6-5-7-19(8-11)12(20)21-13(2,3)4/h10-11,18H,5-9H2,1-4H3. The zero-order chi connectivity index (χ0) is 16.3. The average Bonchev–Trinajstić information content (AvgIpc) is 2.33. The number of rotatable bonds is 3. The van der Waals surface area contributed by atoms with E-state index < -0.39 is 24.4 Å². The lowest BCUT2D eigenvalue weighted by atomic mass is 9.92. The number of hydrogen-bond donors (Lipinski definition) is 1. The molecule has 0 aromatic carbocycles. The fourth-order valence-electron chi connectivity index (χ4n) is 2.35. The summed E-state index contributed by atoms with van der Waals surface area (Å²) >= 11 is 0. The second-order valence-corrected chi connectivity index (χ2v) is 6.61. The van der Waals surface area contributed by atoms with Gasteiger partial charge in [-0.2, -0.15) is 13.2 Å². The molecule has 4 nitrogen and oxygen atoms in total. The Morgan fingerprint density at radius 1 is 1.38 bits per heavy atom. The molecule has 1 fully saturated rings. The van der Waals surface area contributed by atoms with Gasteiger partial charge in [-0.05, 0) is 46.5 Å². The molecule has 0 aromatic heterocycles. The number of halogens is 3. The molecule has 2 unspecified atom stereocenters. The van der Waals surface area contributed by atoms with E-state index in [9.17, 15) is 18.0 Å². The third-order valence-electron chi connectivity index (χ3n) is 3.44. The Kier molecular flexibility index (Phi) is 5.90. The normalized spacial score (nSPS) is 22.0. The van der Waals surface area contributed by atoms with E-state index in [0.717, 1.165) is 12.8 Å². The van der Waals surface area contributed by atoms with Gasteiger partial charge in [0.2, 0.25) is 0 Å². The number of amides is 1. The first kappa shape index (κ1) is 18.1. The summed E-state index contributed by atoms with van der Waals surface area (Å²) < 4.78 is 42.0. The van der Waals surface area contributed by atoms with E-state index in [1.54, 1.807) is 32.6 Å². The maximum Gasteiger partial charge on any atom is 0.410 e. The minimum absolute atomic E-state index is 0.00798. The SMILES string of the molecule is CC(NCC(F)(F)F)C1CCCN(C(=O)OC(C)(C)C)C1. The Labute approximate surface area is 124 Å². The van der Waals surface area contributed by atoms with E-state index in [1.165, 1.54) is 0 Å². The smallest absolute Gasteiger partial charge is 0.410 e. The summed E-state index contributed by atoms with van der Waals surface area (Å²) in [5.74, 6) is 0.00798. The van der Waals surface area contributed by atoms with Gasteiger partial charge >= 0.3 is 12.3 Å². The molecule has 1 aliphatic heterocycles. The Bertz CT molecular complexity index is 353. The van der Waals surface area contributed by atoms with Gasteiger partial charge in [0, 0.05) is 19.1 Å². The van der Waals surface area contributed by atoms with Crippen molar-refractivity contribution >= 4 is 6.09 Å². The molecule has 1 aliphatic rings. The summed E-state index contributed by atoms with van der Waals surface area (Å²) in [5, 5.41) is 2.50. The number of nitrogens with zero attached hydrogens (tertiary/aromatic N) is 1. The minimum atomic E-state index is -4.21. The first-order valence-electron chi connectivity index (χ1n) is 7.26. The average molecular weight is 310 g/mol. The van der Waals surface area contributed by atoms with E-state index in [4.69, 9.17) is 4.74 Å². The van der Waals surface area contributed by atoms with Crippen molar-refractivity contribution in [2.24, 2.45) is 5.92 Å². The quantitative estimate of drug-likeness (QED) is 0.870. The van der Waals surface area contributed by atoms with Crippen molar-refractivity contribution in [2.45, 2.75) is 58.4 Å². The van der Waals surface area contributed by atoms with Crippen LogP contribution in [0.25, 0.3) is 0 Å². The lowest BCUT2D eigenvalue weighted by molar-refractivity contribution is -0.127. The molecule has 1 N–H and O–H groups in total. The van der Waals surface area contributed by atoms with Crippen LogP contribution in [-0.2, 0) is 4.74 Å². The molecular weight excluding hydrogens is 285 g/mol. The van der Waals surface area contributed by atoms with Crippen molar-refractivity contribution in [1.82, 2.24) is 10.2 Å². The minimum Gasteiger partial charge on any atom is -0.444 e. The van der Waals surface area contributed by atoms with Gasteiger partial charge in [0.25, 0.3) is 0 Å². The molecule has 0 aliphatic carbocycles. The molecule has 7 heteroatoms. The van der Waals surface area contributed by atoms with Crippen molar-refractivity contribution < 1.29 is 22.7 Å². The second kappa shape index (κ2) is 6.85. The molecule has 21 heavy (non-hydrogen) atoms. The summed E-state index contributed by atoms with van der Waals surface area (Å²) in [7, 11) is 0. The Morgan fingerprint density at radius 3 is 2.52 bits per heavy atom. The molecular formula is C14H25F3N2O2. The lowest BCUT2D eigenvalue weighted by Crippen LogP contribution is -2.49. The highest BCUT2D eigenvalue weighted by Gasteiger charge is 2.32. The first-order valence-corrected chi connectivity index (χ1v) is 7.26. The molecule has 1 amide bonds. The lowest BCUT2D eigenvalue weighted by Gasteiger charge is -2.36. The van der Waals surface area contributed by atoms with Gasteiger partial charge in [0.05, 0.1) is 6.54 Å². The van der Waals surface area contributed by atoms with Gasteiger partial charge < -0.3 is 15.0 Å². The predicted octanol–water partition coefficient (Wildman–Crippen LogP) is 3.17. The van der Waals surface area contributed by atoms with Gasteiger partial charge in [-0.15, -0.1) is 0 Å². The largest absolute Gasteiger partial charge is 0.444 e. The topological polar surface area (TPSA) is 41.6 Å². The van der Waals surface area contributed by atoms with E-state index in [0.29, 0.717) is 13.1 Å². The van der Waals surface area contributed by atoms with Gasteiger partial charge in [-0.25, -0.2) is 4.79 Å². The Morgan fingerprint density at radius 2 is 2.00 bits per heavy atom. The van der Waals surface area contributed by atoms with E-state index in [1.807, 2.05) is 0 Å². The van der Waals surface area contributed by atoms with Crippen LogP contribution in [0.4, 0.5) is 18.0 Å². The summed E-state index contributed by atoms with van der Waals surface area (Å²) in [4.78, 5) is 13.6. The Balaban J connectivity index is 2.50. The van der Waals surface area contributed by atoms with Crippen molar-refractivity contribution in [1.29, 1.82) is 0 Å². The van der Waals surface area contributed by atoms with E-state index >= 15 is 0 Å². The van der Waals surface area contributed by atoms with Crippen LogP contribution in [0, 0.1) is 5.92 Å². The third-order valence-corrected chi connectivity index (χ3v) is 3.44. The molecule has 1 saturated heterocycles. The highest BCUT2D eigenvalue weighted by atomic mass is 19.4. The van der Waals surface area contributed by atoms with Crippen LogP contribution in [-0.4, -0.2) is 48.4 Å². The highest BCUT2D eigenvalue weighted by Crippen LogP contribution is 2.22. The number of likely N-dealkylation sites (tertiary alicyclic amines) is 1. The van der Waals surface area contributed by atoms with Crippen molar-refractivity contribution in [2.75, 3.05) is 19.6 Å². The van der Waals surface area contributed by atoms with Gasteiger partial charge in [-0.1, -0.05) is 0 Å². The predicted molar refractivity (Wildman–Crippen MR) is 74.1 cm³/mol. The number of carbonyl (C=O) groups is 1. The number of nitrogens with one attached hydrogen (secondary N) is 1. The fraction of sp³-hybridized carbons (Fsp3) is 0.929. The van der Waals surface area contributed by atoms with Gasteiger partial charge in [0.15, 0.2) is 0 Å². The molecule has 0 radical (unpaired) electrons. The van der Waals surface area contributed by atoms with Gasteiger partial charge in [-0.3, -0.25) is 0 Å². The van der Waals surface area contributed by atoms with Crippen molar-refractivity contribution in [3.8, 4) is 0 Å². The number of hydrogen-bond acceptors (Lipinski definition) is 3. The van der Waals surface area contributed by atoms with Crippen LogP contribution in [0.15, 0.2) is 0 Å².